The van der Waals surface area contributed by atoms with Crippen LogP contribution in [-0.2, 0) is 4.79 Å². The molecule has 1 atom stereocenters. The largest absolute Gasteiger partial charge is 0.461 e. The van der Waals surface area contributed by atoms with Crippen molar-refractivity contribution < 1.29 is 9.21 Å². The van der Waals surface area contributed by atoms with Crippen LogP contribution < -0.4 is 4.90 Å². The van der Waals surface area contributed by atoms with Crippen LogP contribution in [0.5, 0.6) is 0 Å². The highest BCUT2D eigenvalue weighted by molar-refractivity contribution is 8.00. The Kier molecular flexibility index (Phi) is 6.68. The zero-order valence-electron chi connectivity index (χ0n) is 17.5. The van der Waals surface area contributed by atoms with Gasteiger partial charge in [0, 0.05) is 17.9 Å². The molecule has 0 saturated heterocycles. The summed E-state index contributed by atoms with van der Waals surface area (Å²) in [6, 6.07) is 24.8. The van der Waals surface area contributed by atoms with E-state index in [-0.39, 0.29) is 12.3 Å². The number of rotatable bonds is 8. The quantitative estimate of drug-likeness (QED) is 0.358. The van der Waals surface area contributed by atoms with Gasteiger partial charge in [-0.15, -0.1) is 10.2 Å². The van der Waals surface area contributed by atoms with Gasteiger partial charge >= 0.3 is 0 Å². The summed E-state index contributed by atoms with van der Waals surface area (Å²) in [5.41, 5.74) is 1.64. The van der Waals surface area contributed by atoms with Gasteiger partial charge in [-0.05, 0) is 43.3 Å². The molecule has 4 aromatic rings. The molecule has 0 bridgehead atoms. The summed E-state index contributed by atoms with van der Waals surface area (Å²) in [5, 5.41) is 17.9. The van der Waals surface area contributed by atoms with Gasteiger partial charge in [-0.25, -0.2) is 0 Å². The number of thioether (sulfide) groups is 1. The van der Waals surface area contributed by atoms with E-state index >= 15 is 0 Å². The van der Waals surface area contributed by atoms with Crippen molar-refractivity contribution in [2.24, 2.45) is 0 Å². The second-order valence-electron chi connectivity index (χ2n) is 6.95. The zero-order chi connectivity index (χ0) is 22.3. The first kappa shape index (κ1) is 21.4. The monoisotopic (exact) mass is 443 g/mol. The van der Waals surface area contributed by atoms with E-state index in [1.54, 1.807) is 17.2 Å². The normalized spacial score (nSPS) is 11.6. The lowest BCUT2D eigenvalue weighted by Gasteiger charge is -2.24. The SMILES string of the molecule is CC(Sc1nnc(-c2ccco2)n1-c1ccccc1)C(=O)N(CCC#N)c1ccccc1. The molecule has 160 valence electrons. The maximum Gasteiger partial charge on any atom is 0.240 e. The average molecular weight is 444 g/mol. The number of carbonyl (C=O) groups is 1. The van der Waals surface area contributed by atoms with Gasteiger partial charge in [-0.2, -0.15) is 5.26 Å². The maximum absolute atomic E-state index is 13.4. The third-order valence-corrected chi connectivity index (χ3v) is 5.83. The molecular weight excluding hydrogens is 422 g/mol. The van der Waals surface area contributed by atoms with Crippen LogP contribution in [0.4, 0.5) is 5.69 Å². The molecule has 0 aliphatic heterocycles. The van der Waals surface area contributed by atoms with Crippen molar-refractivity contribution in [1.29, 1.82) is 5.26 Å². The maximum atomic E-state index is 13.4. The van der Waals surface area contributed by atoms with E-state index in [0.29, 0.717) is 23.3 Å². The lowest BCUT2D eigenvalue weighted by Crippen LogP contribution is -2.37. The van der Waals surface area contributed by atoms with Gasteiger partial charge in [0.05, 0.1) is 24.0 Å². The van der Waals surface area contributed by atoms with Crippen LogP contribution in [-0.4, -0.2) is 32.5 Å². The second-order valence-corrected chi connectivity index (χ2v) is 8.26. The Balaban J connectivity index is 1.65. The molecule has 0 aliphatic rings. The number of anilines is 1. The third-order valence-electron chi connectivity index (χ3n) is 4.80. The van der Waals surface area contributed by atoms with E-state index in [0.717, 1.165) is 11.4 Å². The molecule has 7 nitrogen and oxygen atoms in total. The predicted molar refractivity (Wildman–Crippen MR) is 123 cm³/mol. The Morgan fingerprint density at radius 3 is 2.47 bits per heavy atom. The minimum Gasteiger partial charge on any atom is -0.461 e. The van der Waals surface area contributed by atoms with Gasteiger partial charge in [-0.3, -0.25) is 9.36 Å². The van der Waals surface area contributed by atoms with Crippen LogP contribution >= 0.6 is 11.8 Å². The Morgan fingerprint density at radius 1 is 1.09 bits per heavy atom. The molecule has 2 aromatic heterocycles. The molecule has 32 heavy (non-hydrogen) atoms. The molecule has 2 aromatic carbocycles. The highest BCUT2D eigenvalue weighted by Gasteiger charge is 2.26. The van der Waals surface area contributed by atoms with Crippen molar-refractivity contribution >= 4 is 23.4 Å². The smallest absolute Gasteiger partial charge is 0.240 e. The first-order valence-electron chi connectivity index (χ1n) is 10.1. The number of carbonyl (C=O) groups excluding carboxylic acids is 1. The number of benzene rings is 2. The second kappa shape index (κ2) is 9.98. The van der Waals surface area contributed by atoms with Crippen LogP contribution in [0.25, 0.3) is 17.3 Å². The zero-order valence-corrected chi connectivity index (χ0v) is 18.3. The first-order valence-corrected chi connectivity index (χ1v) is 11.0. The van der Waals surface area contributed by atoms with Crippen molar-refractivity contribution in [2.75, 3.05) is 11.4 Å². The van der Waals surface area contributed by atoms with E-state index in [9.17, 15) is 4.79 Å². The van der Waals surface area contributed by atoms with Crippen molar-refractivity contribution in [1.82, 2.24) is 14.8 Å². The van der Waals surface area contributed by atoms with Crippen molar-refractivity contribution in [3.05, 3.63) is 79.1 Å². The fraction of sp³-hybridized carbons (Fsp3) is 0.167. The van der Waals surface area contributed by atoms with Crippen LogP contribution in [0.1, 0.15) is 13.3 Å². The van der Waals surface area contributed by atoms with Gasteiger partial charge in [0.2, 0.25) is 11.7 Å². The van der Waals surface area contributed by atoms with Crippen LogP contribution in [0.15, 0.2) is 88.6 Å². The number of furan rings is 1. The van der Waals surface area contributed by atoms with Gasteiger partial charge in [0.1, 0.15) is 0 Å². The Labute approximate surface area is 190 Å². The molecule has 0 fully saturated rings. The molecule has 0 N–H and O–H groups in total. The van der Waals surface area contributed by atoms with E-state index in [2.05, 4.69) is 16.3 Å². The Morgan fingerprint density at radius 2 is 1.81 bits per heavy atom. The Bertz CT molecular complexity index is 1200. The minimum atomic E-state index is -0.454. The number of para-hydroxylation sites is 2. The molecule has 8 heteroatoms. The number of hydrogen-bond acceptors (Lipinski definition) is 6. The molecule has 2 heterocycles. The third kappa shape index (κ3) is 4.58. The van der Waals surface area contributed by atoms with Gasteiger partial charge in [0.25, 0.3) is 0 Å². The van der Waals surface area contributed by atoms with Crippen LogP contribution in [0.3, 0.4) is 0 Å². The van der Waals surface area contributed by atoms with Crippen molar-refractivity contribution in [3.63, 3.8) is 0 Å². The molecule has 0 radical (unpaired) electrons. The number of hydrogen-bond donors (Lipinski definition) is 0. The molecule has 0 saturated carbocycles. The summed E-state index contributed by atoms with van der Waals surface area (Å²) in [6.45, 7) is 2.17. The summed E-state index contributed by atoms with van der Waals surface area (Å²) >= 11 is 1.32. The van der Waals surface area contributed by atoms with E-state index in [4.69, 9.17) is 9.68 Å². The number of aromatic nitrogens is 3. The summed E-state index contributed by atoms with van der Waals surface area (Å²) < 4.78 is 7.43. The summed E-state index contributed by atoms with van der Waals surface area (Å²) in [4.78, 5) is 15.0. The van der Waals surface area contributed by atoms with Crippen molar-refractivity contribution in [3.8, 4) is 23.3 Å². The molecule has 4 rings (SSSR count). The molecule has 0 aliphatic carbocycles. The van der Waals surface area contributed by atoms with Crippen LogP contribution in [0.2, 0.25) is 0 Å². The fourth-order valence-electron chi connectivity index (χ4n) is 3.29. The molecule has 1 unspecified atom stereocenters. The minimum absolute atomic E-state index is 0.0985. The van der Waals surface area contributed by atoms with E-state index in [1.807, 2.05) is 78.2 Å². The highest BCUT2D eigenvalue weighted by Crippen LogP contribution is 2.31. The summed E-state index contributed by atoms with van der Waals surface area (Å²) in [7, 11) is 0. The fourth-order valence-corrected chi connectivity index (χ4v) is 4.22. The van der Waals surface area contributed by atoms with Gasteiger partial charge < -0.3 is 9.32 Å². The molecular formula is C24H21N5O2S. The Hall–Kier alpha value is -3.83. The lowest BCUT2D eigenvalue weighted by molar-refractivity contribution is -0.117. The standard InChI is InChI=1S/C24H21N5O2S/c1-18(23(30)28(16-9-15-25)19-10-4-2-5-11-19)32-24-27-26-22(21-14-8-17-31-21)29(24)20-12-6-3-7-13-20/h2-8,10-14,17-18H,9,16H2,1H3. The molecule has 0 spiro atoms. The topological polar surface area (TPSA) is 87.9 Å². The van der Waals surface area contributed by atoms with Crippen LogP contribution in [0, 0.1) is 11.3 Å². The predicted octanol–water partition coefficient (Wildman–Crippen LogP) is 4.95. The van der Waals surface area contributed by atoms with E-state index in [1.165, 1.54) is 11.8 Å². The van der Waals surface area contributed by atoms with E-state index < -0.39 is 5.25 Å². The highest BCUT2D eigenvalue weighted by atomic mass is 32.2. The summed E-state index contributed by atoms with van der Waals surface area (Å²) in [5.74, 6) is 1.05. The lowest BCUT2D eigenvalue weighted by atomic mass is 10.2. The number of amides is 1. The first-order chi connectivity index (χ1) is 15.7. The number of nitriles is 1. The molecule has 1 amide bonds. The van der Waals surface area contributed by atoms with Gasteiger partial charge in [-0.1, -0.05) is 48.2 Å². The van der Waals surface area contributed by atoms with Gasteiger partial charge in [0.15, 0.2) is 10.9 Å². The van der Waals surface area contributed by atoms with Crippen molar-refractivity contribution in [2.45, 2.75) is 23.8 Å². The number of nitrogens with zero attached hydrogens (tertiary/aromatic N) is 5. The average Bonchev–Trinajstić information content (AvgIpc) is 3.50. The summed E-state index contributed by atoms with van der Waals surface area (Å²) in [6.07, 6.45) is 1.84.